The first-order valence-corrected chi connectivity index (χ1v) is 6.50. The highest BCUT2D eigenvalue weighted by Gasteiger charge is 2.15. The van der Waals surface area contributed by atoms with Crippen LogP contribution in [0.5, 0.6) is 0 Å². The number of rotatable bonds is 4. The zero-order valence-corrected chi connectivity index (χ0v) is 12.1. The Labute approximate surface area is 123 Å². The summed E-state index contributed by atoms with van der Waals surface area (Å²) in [6.45, 7) is 3.87. The minimum Gasteiger partial charge on any atom is -0.463 e. The van der Waals surface area contributed by atoms with Gasteiger partial charge >= 0.3 is 5.97 Å². The van der Waals surface area contributed by atoms with Gasteiger partial charge in [0.05, 0.1) is 24.8 Å². The van der Waals surface area contributed by atoms with Gasteiger partial charge in [-0.15, -0.1) is 0 Å². The van der Waals surface area contributed by atoms with Gasteiger partial charge in [-0.2, -0.15) is 5.26 Å². The topological polar surface area (TPSA) is 75.3 Å². The first-order valence-electron chi connectivity index (χ1n) is 6.50. The molecule has 21 heavy (non-hydrogen) atoms. The van der Waals surface area contributed by atoms with Crippen molar-refractivity contribution in [2.24, 2.45) is 0 Å². The number of esters is 1. The van der Waals surface area contributed by atoms with Gasteiger partial charge in [-0.05, 0) is 43.7 Å². The number of hydrogen-bond acceptors (Lipinski definition) is 5. The van der Waals surface area contributed by atoms with E-state index >= 15 is 0 Å². The molecule has 0 saturated carbocycles. The molecule has 0 radical (unpaired) electrons. The Kier molecular flexibility index (Phi) is 4.29. The molecule has 1 N–H and O–H groups in total. The van der Waals surface area contributed by atoms with Crippen molar-refractivity contribution < 1.29 is 13.9 Å². The van der Waals surface area contributed by atoms with Gasteiger partial charge in [0.1, 0.15) is 5.76 Å². The average Bonchev–Trinajstić information content (AvgIpc) is 2.98. The number of carbonyl (C=O) groups is 1. The predicted octanol–water partition coefficient (Wildman–Crippen LogP) is 3.42. The summed E-state index contributed by atoms with van der Waals surface area (Å²) in [7, 11) is 1.31. The van der Waals surface area contributed by atoms with Gasteiger partial charge < -0.3 is 14.5 Å². The summed E-state index contributed by atoms with van der Waals surface area (Å²) in [5.74, 6) is 0.289. The van der Waals surface area contributed by atoms with Crippen LogP contribution in [0.4, 0.5) is 5.69 Å². The van der Waals surface area contributed by atoms with Crippen molar-refractivity contribution in [1.29, 1.82) is 5.26 Å². The van der Waals surface area contributed by atoms with Gasteiger partial charge in [-0.3, -0.25) is 0 Å². The number of aryl methyl sites for hydroxylation is 1. The molecule has 0 amide bonds. The van der Waals surface area contributed by atoms with E-state index in [1.165, 1.54) is 7.11 Å². The fourth-order valence-corrected chi connectivity index (χ4v) is 1.95. The van der Waals surface area contributed by atoms with Crippen LogP contribution < -0.4 is 5.32 Å². The Morgan fingerprint density at radius 3 is 2.81 bits per heavy atom. The molecule has 0 aliphatic carbocycles. The van der Waals surface area contributed by atoms with Crippen molar-refractivity contribution >= 4 is 11.7 Å². The smallest absolute Gasteiger partial charge is 0.373 e. The van der Waals surface area contributed by atoms with E-state index < -0.39 is 5.97 Å². The molecule has 5 nitrogen and oxygen atoms in total. The van der Waals surface area contributed by atoms with Crippen LogP contribution in [0, 0.1) is 18.3 Å². The van der Waals surface area contributed by atoms with Crippen molar-refractivity contribution in [3.8, 4) is 6.07 Å². The fourth-order valence-electron chi connectivity index (χ4n) is 1.95. The highest BCUT2D eigenvalue weighted by atomic mass is 16.5. The number of furan rings is 1. The van der Waals surface area contributed by atoms with E-state index in [4.69, 9.17) is 9.68 Å². The first-order chi connectivity index (χ1) is 10.0. The molecule has 0 fully saturated rings. The number of nitrogens with zero attached hydrogens (tertiary/aromatic N) is 1. The summed E-state index contributed by atoms with van der Waals surface area (Å²) in [6.07, 6.45) is 0. The van der Waals surface area contributed by atoms with E-state index in [1.54, 1.807) is 24.3 Å². The molecular weight excluding hydrogens is 268 g/mol. The van der Waals surface area contributed by atoms with E-state index in [-0.39, 0.29) is 11.8 Å². The predicted molar refractivity (Wildman–Crippen MR) is 78.0 cm³/mol. The van der Waals surface area contributed by atoms with Gasteiger partial charge in [0.15, 0.2) is 0 Å². The average molecular weight is 284 g/mol. The highest BCUT2D eigenvalue weighted by Crippen LogP contribution is 2.24. The zero-order valence-electron chi connectivity index (χ0n) is 12.1. The molecule has 2 rings (SSSR count). The fraction of sp³-hybridized carbons (Fsp3) is 0.250. The maximum absolute atomic E-state index is 11.4. The van der Waals surface area contributed by atoms with Crippen molar-refractivity contribution in [1.82, 2.24) is 0 Å². The van der Waals surface area contributed by atoms with Crippen LogP contribution in [-0.2, 0) is 4.74 Å². The first kappa shape index (κ1) is 14.7. The van der Waals surface area contributed by atoms with E-state index in [1.807, 2.05) is 19.9 Å². The second-order valence-corrected chi connectivity index (χ2v) is 4.70. The van der Waals surface area contributed by atoms with E-state index in [9.17, 15) is 4.79 Å². The van der Waals surface area contributed by atoms with Gasteiger partial charge in [0, 0.05) is 5.69 Å². The molecular formula is C16H16N2O3. The van der Waals surface area contributed by atoms with Gasteiger partial charge in [-0.25, -0.2) is 4.79 Å². The van der Waals surface area contributed by atoms with E-state index in [2.05, 4.69) is 16.1 Å². The zero-order chi connectivity index (χ0) is 15.4. The second kappa shape index (κ2) is 6.14. The molecule has 0 bridgehead atoms. The van der Waals surface area contributed by atoms with Gasteiger partial charge in [-0.1, -0.05) is 6.07 Å². The quantitative estimate of drug-likeness (QED) is 0.871. The van der Waals surface area contributed by atoms with Crippen molar-refractivity contribution in [3.63, 3.8) is 0 Å². The van der Waals surface area contributed by atoms with Crippen LogP contribution >= 0.6 is 0 Å². The standard InChI is InChI=1S/C16H16N2O3/c1-10-4-5-12(9-17)8-13(10)18-11(2)14-6-7-15(21-14)16(19)20-3/h4-8,11,18H,1-3H3. The second-order valence-electron chi connectivity index (χ2n) is 4.70. The van der Waals surface area contributed by atoms with Crippen LogP contribution in [0.15, 0.2) is 34.7 Å². The Morgan fingerprint density at radius 1 is 1.38 bits per heavy atom. The van der Waals surface area contributed by atoms with E-state index in [0.717, 1.165) is 11.3 Å². The molecule has 1 aromatic heterocycles. The van der Waals surface area contributed by atoms with Crippen LogP contribution in [0.2, 0.25) is 0 Å². The molecule has 5 heteroatoms. The third kappa shape index (κ3) is 3.23. The molecule has 108 valence electrons. The lowest BCUT2D eigenvalue weighted by molar-refractivity contribution is 0.0562. The summed E-state index contributed by atoms with van der Waals surface area (Å²) in [5, 5.41) is 12.2. The number of anilines is 1. The minimum atomic E-state index is -0.504. The monoisotopic (exact) mass is 284 g/mol. The molecule has 0 spiro atoms. The molecule has 0 saturated heterocycles. The molecule has 1 aromatic carbocycles. The molecule has 1 heterocycles. The van der Waals surface area contributed by atoms with Gasteiger partial charge in [0.25, 0.3) is 0 Å². The van der Waals surface area contributed by atoms with Crippen LogP contribution in [0.1, 0.15) is 40.4 Å². The third-order valence-corrected chi connectivity index (χ3v) is 3.18. The summed E-state index contributed by atoms with van der Waals surface area (Å²) < 4.78 is 10.1. The number of nitriles is 1. The van der Waals surface area contributed by atoms with Crippen molar-refractivity contribution in [2.45, 2.75) is 19.9 Å². The largest absolute Gasteiger partial charge is 0.463 e. The lowest BCUT2D eigenvalue weighted by atomic mass is 10.1. The molecule has 0 aliphatic rings. The highest BCUT2D eigenvalue weighted by molar-refractivity contribution is 5.86. The maximum atomic E-state index is 11.4. The summed E-state index contributed by atoms with van der Waals surface area (Å²) >= 11 is 0. The molecule has 2 aromatic rings. The summed E-state index contributed by atoms with van der Waals surface area (Å²) in [4.78, 5) is 11.4. The number of carbonyl (C=O) groups excluding carboxylic acids is 1. The third-order valence-electron chi connectivity index (χ3n) is 3.18. The maximum Gasteiger partial charge on any atom is 0.373 e. The normalized spacial score (nSPS) is 11.5. The Balaban J connectivity index is 2.18. The van der Waals surface area contributed by atoms with Crippen LogP contribution in [0.3, 0.4) is 0 Å². The number of ether oxygens (including phenoxy) is 1. The SMILES string of the molecule is COC(=O)c1ccc(C(C)Nc2cc(C#N)ccc2C)o1. The summed E-state index contributed by atoms with van der Waals surface area (Å²) in [6, 6.07) is 10.7. The Hall–Kier alpha value is -2.74. The minimum absolute atomic E-state index is 0.143. The van der Waals surface area contributed by atoms with Crippen molar-refractivity contribution in [2.75, 3.05) is 12.4 Å². The lowest BCUT2D eigenvalue weighted by Gasteiger charge is -2.15. The Bertz CT molecular complexity index is 698. The lowest BCUT2D eigenvalue weighted by Crippen LogP contribution is -2.07. The molecule has 1 unspecified atom stereocenters. The summed E-state index contributed by atoms with van der Waals surface area (Å²) in [5.41, 5.74) is 2.48. The van der Waals surface area contributed by atoms with Crippen LogP contribution in [-0.4, -0.2) is 13.1 Å². The number of nitrogens with one attached hydrogen (secondary N) is 1. The number of hydrogen-bond donors (Lipinski definition) is 1. The molecule has 1 atom stereocenters. The number of methoxy groups -OCH3 is 1. The van der Waals surface area contributed by atoms with Crippen LogP contribution in [0.25, 0.3) is 0 Å². The van der Waals surface area contributed by atoms with Gasteiger partial charge in [0.2, 0.25) is 5.76 Å². The Morgan fingerprint density at radius 2 is 2.14 bits per heavy atom. The number of benzene rings is 1. The van der Waals surface area contributed by atoms with Crippen molar-refractivity contribution in [3.05, 3.63) is 53.0 Å². The van der Waals surface area contributed by atoms with E-state index in [0.29, 0.717) is 11.3 Å². The molecule has 0 aliphatic heterocycles.